The molecule has 0 aliphatic rings. The van der Waals surface area contributed by atoms with Crippen molar-refractivity contribution in [3.8, 4) is 0 Å². The molecule has 0 radical (unpaired) electrons. The topological polar surface area (TPSA) is 217 Å². The van der Waals surface area contributed by atoms with Gasteiger partial charge in [0.25, 0.3) is 0 Å². The first kappa shape index (κ1) is 28.4. The molecule has 0 aliphatic heterocycles. The predicted molar refractivity (Wildman–Crippen MR) is 122 cm³/mol. The van der Waals surface area contributed by atoms with E-state index in [0.717, 1.165) is 5.56 Å². The highest BCUT2D eigenvalue weighted by Gasteiger charge is 2.29. The molecule has 1 rings (SSSR count). The van der Waals surface area contributed by atoms with Gasteiger partial charge in [0, 0.05) is 18.7 Å². The summed E-state index contributed by atoms with van der Waals surface area (Å²) >= 11 is 3.79. The summed E-state index contributed by atoms with van der Waals surface area (Å²) in [5, 5.41) is 27.0. The highest BCUT2D eigenvalue weighted by atomic mass is 32.1. The SMILES string of the molecule is NC(CNC(=O)[C@H](Cc1ccccc1)NC=O)C(=O)NC(CC(=O)O)C(=O)N[C@@H](CS)C(=O)O. The first-order valence-electron chi connectivity index (χ1n) is 10.0. The van der Waals surface area contributed by atoms with E-state index in [-0.39, 0.29) is 18.7 Å². The van der Waals surface area contributed by atoms with Crippen LogP contribution in [0.15, 0.2) is 30.3 Å². The Morgan fingerprint density at radius 1 is 0.941 bits per heavy atom. The smallest absolute Gasteiger partial charge is 0.327 e. The van der Waals surface area contributed by atoms with Crippen LogP contribution in [0.5, 0.6) is 0 Å². The third kappa shape index (κ3) is 9.87. The van der Waals surface area contributed by atoms with Crippen molar-refractivity contribution >= 4 is 48.7 Å². The zero-order chi connectivity index (χ0) is 25.7. The van der Waals surface area contributed by atoms with Crippen molar-refractivity contribution in [3.63, 3.8) is 0 Å². The molecule has 1 aromatic carbocycles. The lowest BCUT2D eigenvalue weighted by molar-refractivity contribution is -0.143. The van der Waals surface area contributed by atoms with Gasteiger partial charge in [0.15, 0.2) is 0 Å². The molecule has 34 heavy (non-hydrogen) atoms. The van der Waals surface area contributed by atoms with E-state index >= 15 is 0 Å². The number of aliphatic carboxylic acids is 2. The summed E-state index contributed by atoms with van der Waals surface area (Å²) in [6, 6.07) is 3.54. The van der Waals surface area contributed by atoms with Gasteiger partial charge < -0.3 is 37.2 Å². The van der Waals surface area contributed by atoms with Gasteiger partial charge in [0.1, 0.15) is 24.2 Å². The van der Waals surface area contributed by atoms with Gasteiger partial charge in [-0.15, -0.1) is 0 Å². The molecule has 0 aliphatic carbocycles. The Kier molecular flexibility index (Phi) is 12.1. The Labute approximate surface area is 200 Å². The van der Waals surface area contributed by atoms with Gasteiger partial charge in [-0.05, 0) is 5.56 Å². The molecule has 2 unspecified atom stereocenters. The van der Waals surface area contributed by atoms with E-state index < -0.39 is 60.2 Å². The summed E-state index contributed by atoms with van der Waals surface area (Å²) in [4.78, 5) is 70.1. The van der Waals surface area contributed by atoms with Crippen LogP contribution in [0.3, 0.4) is 0 Å². The second kappa shape index (κ2) is 14.5. The van der Waals surface area contributed by atoms with E-state index in [4.69, 9.17) is 15.9 Å². The van der Waals surface area contributed by atoms with E-state index in [1.165, 1.54) is 0 Å². The van der Waals surface area contributed by atoms with Gasteiger partial charge in [-0.2, -0.15) is 12.6 Å². The van der Waals surface area contributed by atoms with Crippen molar-refractivity contribution in [2.75, 3.05) is 12.3 Å². The van der Waals surface area contributed by atoms with Gasteiger partial charge in [0.05, 0.1) is 6.42 Å². The molecule has 14 heteroatoms. The van der Waals surface area contributed by atoms with E-state index in [9.17, 15) is 28.8 Å². The summed E-state index contributed by atoms with van der Waals surface area (Å²) in [6.07, 6.45) is -0.286. The average Bonchev–Trinajstić information content (AvgIpc) is 2.79. The number of carbonyl (C=O) groups excluding carboxylic acids is 4. The van der Waals surface area contributed by atoms with Crippen LogP contribution in [0.1, 0.15) is 12.0 Å². The lowest BCUT2D eigenvalue weighted by atomic mass is 10.1. The number of carboxylic acid groups (broad SMARTS) is 2. The number of amides is 4. The van der Waals surface area contributed by atoms with Crippen molar-refractivity contribution in [3.05, 3.63) is 35.9 Å². The van der Waals surface area contributed by atoms with Crippen molar-refractivity contribution in [1.82, 2.24) is 21.3 Å². The van der Waals surface area contributed by atoms with Crippen LogP contribution in [-0.2, 0) is 35.2 Å². The number of hydrogen-bond donors (Lipinski definition) is 8. The Morgan fingerprint density at radius 2 is 1.56 bits per heavy atom. The quantitative estimate of drug-likeness (QED) is 0.0929. The Morgan fingerprint density at radius 3 is 2.09 bits per heavy atom. The number of rotatable bonds is 15. The standard InChI is InChI=1S/C20H27N5O8S/c21-12(8-22-18(30)13(23-10-26)6-11-4-2-1-3-5-11)17(29)24-14(7-16(27)28)19(31)25-15(9-34)20(32)33/h1-5,10,12-15,34H,6-9,21H2,(H,22,30)(H,23,26)(H,24,29)(H,25,31)(H,27,28)(H,32,33)/t12?,13-,14?,15-/m0/s1. The summed E-state index contributed by atoms with van der Waals surface area (Å²) in [7, 11) is 0. The Bertz CT molecular complexity index is 885. The van der Waals surface area contributed by atoms with Crippen LogP contribution in [0.4, 0.5) is 0 Å². The van der Waals surface area contributed by atoms with Gasteiger partial charge in [-0.1, -0.05) is 30.3 Å². The molecule has 8 N–H and O–H groups in total. The van der Waals surface area contributed by atoms with Gasteiger partial charge in [0.2, 0.25) is 24.1 Å². The first-order chi connectivity index (χ1) is 16.1. The largest absolute Gasteiger partial charge is 0.481 e. The van der Waals surface area contributed by atoms with E-state index in [1.54, 1.807) is 30.3 Å². The number of thiol groups is 1. The number of benzene rings is 1. The molecule has 4 amide bonds. The number of carbonyl (C=O) groups is 6. The Hall–Kier alpha value is -3.65. The summed E-state index contributed by atoms with van der Waals surface area (Å²) in [5.41, 5.74) is 6.52. The number of nitrogens with one attached hydrogen (secondary N) is 4. The molecule has 0 saturated heterocycles. The normalized spacial score (nSPS) is 13.9. The maximum atomic E-state index is 12.4. The van der Waals surface area contributed by atoms with Crippen LogP contribution in [-0.4, -0.2) is 82.7 Å². The van der Waals surface area contributed by atoms with Crippen molar-refractivity contribution < 1.29 is 39.0 Å². The van der Waals surface area contributed by atoms with Crippen LogP contribution in [0.2, 0.25) is 0 Å². The molecule has 186 valence electrons. The lowest BCUT2D eigenvalue weighted by Gasteiger charge is -2.22. The zero-order valence-electron chi connectivity index (χ0n) is 18.0. The van der Waals surface area contributed by atoms with Crippen molar-refractivity contribution in [1.29, 1.82) is 0 Å². The van der Waals surface area contributed by atoms with Gasteiger partial charge in [-0.25, -0.2) is 4.79 Å². The minimum absolute atomic E-state index is 0.184. The first-order valence-corrected chi connectivity index (χ1v) is 10.6. The maximum Gasteiger partial charge on any atom is 0.327 e. The van der Waals surface area contributed by atoms with E-state index in [2.05, 4.69) is 33.9 Å². The molecule has 0 aromatic heterocycles. The van der Waals surface area contributed by atoms with Crippen molar-refractivity contribution in [2.24, 2.45) is 5.73 Å². The zero-order valence-corrected chi connectivity index (χ0v) is 18.9. The second-order valence-electron chi connectivity index (χ2n) is 7.12. The lowest BCUT2D eigenvalue weighted by Crippen LogP contribution is -2.57. The number of hydrogen-bond acceptors (Lipinski definition) is 8. The molecule has 1 aromatic rings. The minimum Gasteiger partial charge on any atom is -0.481 e. The fourth-order valence-corrected chi connectivity index (χ4v) is 2.95. The van der Waals surface area contributed by atoms with Gasteiger partial charge >= 0.3 is 11.9 Å². The molecule has 0 spiro atoms. The predicted octanol–water partition coefficient (Wildman–Crippen LogP) is -2.75. The number of nitrogens with two attached hydrogens (primary N) is 1. The van der Waals surface area contributed by atoms with Crippen LogP contribution < -0.4 is 27.0 Å². The highest BCUT2D eigenvalue weighted by Crippen LogP contribution is 2.03. The summed E-state index contributed by atoms with van der Waals surface area (Å²) < 4.78 is 0. The average molecular weight is 498 g/mol. The molecule has 13 nitrogen and oxygen atoms in total. The third-order valence-electron chi connectivity index (χ3n) is 4.51. The fourth-order valence-electron chi connectivity index (χ4n) is 2.71. The maximum absolute atomic E-state index is 12.4. The number of carboxylic acids is 2. The van der Waals surface area contributed by atoms with Gasteiger partial charge in [-0.3, -0.25) is 24.0 Å². The molecule has 0 saturated carbocycles. The molecule has 0 fully saturated rings. The van der Waals surface area contributed by atoms with E-state index in [1.807, 2.05) is 0 Å². The monoisotopic (exact) mass is 497 g/mol. The van der Waals surface area contributed by atoms with E-state index in [0.29, 0.717) is 6.41 Å². The second-order valence-corrected chi connectivity index (χ2v) is 7.48. The third-order valence-corrected chi connectivity index (χ3v) is 4.88. The van der Waals surface area contributed by atoms with Crippen molar-refractivity contribution in [2.45, 2.75) is 37.0 Å². The van der Waals surface area contributed by atoms with Crippen LogP contribution in [0.25, 0.3) is 0 Å². The highest BCUT2D eigenvalue weighted by molar-refractivity contribution is 7.80. The van der Waals surface area contributed by atoms with Crippen LogP contribution in [0, 0.1) is 0 Å². The molecule has 4 atom stereocenters. The molecular weight excluding hydrogens is 470 g/mol. The summed E-state index contributed by atoms with van der Waals surface area (Å²) in [6.45, 7) is -0.383. The minimum atomic E-state index is -1.61. The molecule has 0 heterocycles. The fraction of sp³-hybridized carbons (Fsp3) is 0.400. The molecular formula is C20H27N5O8S. The van der Waals surface area contributed by atoms with Crippen LogP contribution >= 0.6 is 12.6 Å². The Balaban J connectivity index is 2.72. The summed E-state index contributed by atoms with van der Waals surface area (Å²) in [5.74, 6) is -5.70. The molecule has 0 bridgehead atoms.